The Hall–Kier alpha value is -3.58. The van der Waals surface area contributed by atoms with Gasteiger partial charge in [-0.1, -0.05) is 54.1 Å². The lowest BCUT2D eigenvalue weighted by atomic mass is 10.0. The van der Waals surface area contributed by atoms with Crippen molar-refractivity contribution in [2.45, 2.75) is 19.8 Å². The minimum absolute atomic E-state index is 0.315. The Morgan fingerprint density at radius 1 is 1.21 bits per heavy atom. The van der Waals surface area contributed by atoms with Gasteiger partial charge in [0.2, 0.25) is 0 Å². The predicted molar refractivity (Wildman–Crippen MR) is 122 cm³/mol. The monoisotopic (exact) mass is 391 g/mol. The molecule has 0 aliphatic rings. The molecule has 0 fully saturated rings. The number of nitrogen functional groups attached to an aromatic ring is 3. The maximum absolute atomic E-state index is 7.67. The minimum Gasteiger partial charge on any atom is -0.395 e. The van der Waals surface area contributed by atoms with Crippen molar-refractivity contribution in [1.29, 1.82) is 5.41 Å². The fraction of sp³-hybridized carbons (Fsp3) is 0.182. The smallest absolute Gasteiger partial charge is 0.165 e. The van der Waals surface area contributed by atoms with Crippen LogP contribution in [0.25, 0.3) is 0 Å². The van der Waals surface area contributed by atoms with Gasteiger partial charge in [-0.2, -0.15) is 0 Å². The molecule has 1 aromatic carbocycles. The third kappa shape index (κ3) is 6.82. The summed E-state index contributed by atoms with van der Waals surface area (Å²) in [5.74, 6) is 6.06. The van der Waals surface area contributed by atoms with Crippen molar-refractivity contribution in [1.82, 2.24) is 10.3 Å². The van der Waals surface area contributed by atoms with E-state index in [1.165, 1.54) is 11.8 Å². The SMILES string of the molecule is C=C(/C=C(\C)CN/C=C(\C=N)Cc1cc(N)nc(NN)c1N)Cc1ccccc1. The van der Waals surface area contributed by atoms with Crippen LogP contribution in [0.5, 0.6) is 0 Å². The molecule has 0 unspecified atom stereocenters. The number of allylic oxidation sites excluding steroid dienone is 3. The molecule has 152 valence electrons. The molecule has 0 saturated carbocycles. The molecule has 0 saturated heterocycles. The lowest BCUT2D eigenvalue weighted by Crippen LogP contribution is -2.14. The number of nitrogens with zero attached hydrogens (tertiary/aromatic N) is 1. The van der Waals surface area contributed by atoms with Gasteiger partial charge < -0.3 is 27.6 Å². The summed E-state index contributed by atoms with van der Waals surface area (Å²) in [6.07, 6.45) is 6.42. The zero-order valence-electron chi connectivity index (χ0n) is 16.7. The van der Waals surface area contributed by atoms with Crippen LogP contribution in [0.1, 0.15) is 18.1 Å². The van der Waals surface area contributed by atoms with Gasteiger partial charge in [0.1, 0.15) is 5.82 Å². The topological polar surface area (TPSA) is 139 Å². The van der Waals surface area contributed by atoms with E-state index < -0.39 is 0 Å². The maximum atomic E-state index is 7.67. The van der Waals surface area contributed by atoms with E-state index in [9.17, 15) is 0 Å². The highest BCUT2D eigenvalue weighted by Crippen LogP contribution is 2.24. The number of hydrogen-bond donors (Lipinski definition) is 6. The van der Waals surface area contributed by atoms with Crippen LogP contribution in [0, 0.1) is 5.41 Å². The molecule has 1 aromatic heterocycles. The van der Waals surface area contributed by atoms with Gasteiger partial charge in [0.15, 0.2) is 5.82 Å². The highest BCUT2D eigenvalue weighted by molar-refractivity contribution is 5.78. The van der Waals surface area contributed by atoms with Gasteiger partial charge >= 0.3 is 0 Å². The standard InChI is InChI=1S/C22H29N7/c1-15(9-17-6-4-3-5-7-17)8-16(2)13-27-14-18(12-23)10-19-11-20(24)28-22(29-26)21(19)25/h3-8,11-12,14,23,27H,1,9-10,13,25-26H2,2H3,(H3,24,28,29)/b16-8+,18-14-,23-12?. The fourth-order valence-electron chi connectivity index (χ4n) is 2.90. The predicted octanol–water partition coefficient (Wildman–Crippen LogP) is 2.94. The molecule has 1 heterocycles. The normalized spacial score (nSPS) is 11.8. The molecule has 0 spiro atoms. The third-order valence-electron chi connectivity index (χ3n) is 4.27. The van der Waals surface area contributed by atoms with Crippen LogP contribution in [0.15, 0.2) is 72.0 Å². The summed E-state index contributed by atoms with van der Waals surface area (Å²) in [5, 5.41) is 10.9. The van der Waals surface area contributed by atoms with Crippen LogP contribution in [0.4, 0.5) is 17.3 Å². The molecule has 2 rings (SSSR count). The lowest BCUT2D eigenvalue weighted by Gasteiger charge is -2.12. The van der Waals surface area contributed by atoms with Gasteiger partial charge in [0, 0.05) is 25.4 Å². The summed E-state index contributed by atoms with van der Waals surface area (Å²) in [5.41, 5.74) is 19.6. The average molecular weight is 392 g/mol. The van der Waals surface area contributed by atoms with Crippen molar-refractivity contribution in [2.24, 2.45) is 5.84 Å². The summed E-state index contributed by atoms with van der Waals surface area (Å²) in [7, 11) is 0. The number of rotatable bonds is 10. The van der Waals surface area contributed by atoms with Crippen LogP contribution in [0.3, 0.4) is 0 Å². The van der Waals surface area contributed by atoms with E-state index in [1.54, 1.807) is 12.3 Å². The van der Waals surface area contributed by atoms with E-state index in [-0.39, 0.29) is 0 Å². The summed E-state index contributed by atoms with van der Waals surface area (Å²) in [6, 6.07) is 11.9. The Morgan fingerprint density at radius 3 is 2.59 bits per heavy atom. The number of benzene rings is 1. The van der Waals surface area contributed by atoms with E-state index in [2.05, 4.69) is 40.5 Å². The highest BCUT2D eigenvalue weighted by atomic mass is 15.3. The largest absolute Gasteiger partial charge is 0.395 e. The molecule has 2 aromatic rings. The Balaban J connectivity index is 1.96. The van der Waals surface area contributed by atoms with Gasteiger partial charge in [0.05, 0.1) is 5.69 Å². The molecular formula is C22H29N7. The van der Waals surface area contributed by atoms with Crippen LogP contribution in [-0.2, 0) is 12.8 Å². The second kappa shape index (κ2) is 10.7. The Morgan fingerprint density at radius 2 is 1.93 bits per heavy atom. The molecule has 29 heavy (non-hydrogen) atoms. The first-order chi connectivity index (χ1) is 13.9. The van der Waals surface area contributed by atoms with Crippen LogP contribution < -0.4 is 28.1 Å². The molecule has 0 aliphatic carbocycles. The van der Waals surface area contributed by atoms with Gasteiger partial charge in [-0.05, 0) is 36.1 Å². The quantitative estimate of drug-likeness (QED) is 0.159. The van der Waals surface area contributed by atoms with Crippen LogP contribution >= 0.6 is 0 Å². The lowest BCUT2D eigenvalue weighted by molar-refractivity contribution is 0.921. The number of nitrogens with one attached hydrogen (secondary N) is 3. The van der Waals surface area contributed by atoms with Crippen molar-refractivity contribution < 1.29 is 0 Å². The molecule has 0 amide bonds. The van der Waals surface area contributed by atoms with Gasteiger partial charge in [0.25, 0.3) is 0 Å². The van der Waals surface area contributed by atoms with E-state index >= 15 is 0 Å². The average Bonchev–Trinajstić information content (AvgIpc) is 2.70. The Kier molecular flexibility index (Phi) is 8.00. The second-order valence-electron chi connectivity index (χ2n) is 6.85. The summed E-state index contributed by atoms with van der Waals surface area (Å²) in [6.45, 7) is 6.83. The highest BCUT2D eigenvalue weighted by Gasteiger charge is 2.09. The first-order valence-electron chi connectivity index (χ1n) is 9.26. The van der Waals surface area contributed by atoms with Crippen molar-refractivity contribution in [3.63, 3.8) is 0 Å². The van der Waals surface area contributed by atoms with Crippen molar-refractivity contribution in [3.05, 3.63) is 83.1 Å². The second-order valence-corrected chi connectivity index (χ2v) is 6.85. The molecule has 9 N–H and O–H groups in total. The molecule has 0 bridgehead atoms. The van der Waals surface area contributed by atoms with Gasteiger partial charge in [-0.3, -0.25) is 0 Å². The van der Waals surface area contributed by atoms with E-state index in [0.29, 0.717) is 30.3 Å². The summed E-state index contributed by atoms with van der Waals surface area (Å²) >= 11 is 0. The zero-order valence-corrected chi connectivity index (χ0v) is 16.7. The number of hydrogen-bond acceptors (Lipinski definition) is 7. The number of nitrogens with two attached hydrogens (primary N) is 3. The molecular weight excluding hydrogens is 362 g/mol. The molecule has 0 aliphatic heterocycles. The Labute approximate surface area is 171 Å². The Bertz CT molecular complexity index is 914. The van der Waals surface area contributed by atoms with Crippen molar-refractivity contribution >= 4 is 23.5 Å². The number of pyridine rings is 1. The van der Waals surface area contributed by atoms with Crippen molar-refractivity contribution in [3.8, 4) is 0 Å². The molecule has 7 heteroatoms. The molecule has 7 nitrogen and oxygen atoms in total. The van der Waals surface area contributed by atoms with Gasteiger partial charge in [-0.15, -0.1) is 0 Å². The first-order valence-corrected chi connectivity index (χ1v) is 9.26. The minimum atomic E-state index is 0.315. The van der Waals surface area contributed by atoms with E-state index in [0.717, 1.165) is 28.7 Å². The number of aromatic nitrogens is 1. The van der Waals surface area contributed by atoms with Gasteiger partial charge in [-0.25, -0.2) is 10.8 Å². The fourth-order valence-corrected chi connectivity index (χ4v) is 2.90. The third-order valence-corrected chi connectivity index (χ3v) is 4.27. The summed E-state index contributed by atoms with van der Waals surface area (Å²) < 4.78 is 0. The summed E-state index contributed by atoms with van der Waals surface area (Å²) in [4.78, 5) is 4.04. The molecule has 0 radical (unpaired) electrons. The van der Waals surface area contributed by atoms with E-state index in [1.807, 2.05) is 25.1 Å². The number of hydrazine groups is 1. The maximum Gasteiger partial charge on any atom is 0.165 e. The van der Waals surface area contributed by atoms with Crippen LogP contribution in [-0.4, -0.2) is 17.7 Å². The van der Waals surface area contributed by atoms with Crippen LogP contribution in [0.2, 0.25) is 0 Å². The number of anilines is 3. The first kappa shape index (κ1) is 21.7. The molecule has 0 atom stereocenters. The van der Waals surface area contributed by atoms with E-state index in [4.69, 9.17) is 22.7 Å². The zero-order chi connectivity index (χ0) is 21.2. The van der Waals surface area contributed by atoms with Crippen molar-refractivity contribution in [2.75, 3.05) is 23.4 Å².